The fraction of sp³-hybridized carbons (Fsp3) is 0.750. The highest BCUT2D eigenvalue weighted by atomic mass is 32.2. The van der Waals surface area contributed by atoms with Crippen LogP contribution >= 0.6 is 12.2 Å². The SMILES string of the molecule is CS(=O)(=O)N1CCC(c2nc(=S)[nH][nH]2)CC1. The first-order valence-corrected chi connectivity index (χ1v) is 7.32. The average Bonchev–Trinajstić information content (AvgIpc) is 2.64. The molecule has 16 heavy (non-hydrogen) atoms. The molecule has 0 atom stereocenters. The predicted molar refractivity (Wildman–Crippen MR) is 62.2 cm³/mol. The largest absolute Gasteiger partial charge is 0.285 e. The van der Waals surface area contributed by atoms with Crippen molar-refractivity contribution < 1.29 is 8.42 Å². The van der Waals surface area contributed by atoms with Crippen molar-refractivity contribution in [2.24, 2.45) is 0 Å². The molecule has 2 heterocycles. The van der Waals surface area contributed by atoms with Crippen LogP contribution in [0.1, 0.15) is 24.6 Å². The van der Waals surface area contributed by atoms with E-state index >= 15 is 0 Å². The zero-order valence-electron chi connectivity index (χ0n) is 8.93. The Morgan fingerprint density at radius 2 is 2.00 bits per heavy atom. The van der Waals surface area contributed by atoms with Crippen molar-refractivity contribution in [1.29, 1.82) is 0 Å². The van der Waals surface area contributed by atoms with E-state index in [1.807, 2.05) is 0 Å². The second kappa shape index (κ2) is 4.27. The van der Waals surface area contributed by atoms with Crippen LogP contribution in [-0.2, 0) is 10.0 Å². The molecule has 1 fully saturated rings. The molecule has 0 aliphatic carbocycles. The normalized spacial score (nSPS) is 20.1. The first-order valence-electron chi connectivity index (χ1n) is 5.06. The van der Waals surface area contributed by atoms with Gasteiger partial charge in [-0.1, -0.05) is 0 Å². The third kappa shape index (κ3) is 2.50. The number of aromatic amines is 2. The molecule has 1 aromatic rings. The third-order valence-corrected chi connectivity index (χ3v) is 4.33. The van der Waals surface area contributed by atoms with Crippen molar-refractivity contribution >= 4 is 22.2 Å². The van der Waals surface area contributed by atoms with Gasteiger partial charge in [0, 0.05) is 19.0 Å². The molecule has 2 N–H and O–H groups in total. The lowest BCUT2D eigenvalue weighted by molar-refractivity contribution is 0.315. The van der Waals surface area contributed by atoms with Gasteiger partial charge in [-0.3, -0.25) is 10.2 Å². The molecule has 0 amide bonds. The first-order chi connectivity index (χ1) is 7.47. The number of sulfonamides is 1. The van der Waals surface area contributed by atoms with Crippen LogP contribution in [0, 0.1) is 4.77 Å². The second-order valence-corrected chi connectivity index (χ2v) is 6.36. The van der Waals surface area contributed by atoms with Crippen LogP contribution in [-0.4, -0.2) is 47.2 Å². The number of nitrogens with zero attached hydrogens (tertiary/aromatic N) is 2. The lowest BCUT2D eigenvalue weighted by Crippen LogP contribution is -2.37. The Morgan fingerprint density at radius 3 is 2.44 bits per heavy atom. The van der Waals surface area contributed by atoms with Crippen molar-refractivity contribution in [1.82, 2.24) is 19.5 Å². The monoisotopic (exact) mass is 262 g/mol. The number of aromatic nitrogens is 3. The smallest absolute Gasteiger partial charge is 0.213 e. The fourth-order valence-corrected chi connectivity index (χ4v) is 2.96. The van der Waals surface area contributed by atoms with Crippen LogP contribution in [0.25, 0.3) is 0 Å². The number of hydrogen-bond donors (Lipinski definition) is 2. The molecule has 2 rings (SSSR count). The quantitative estimate of drug-likeness (QED) is 0.765. The van der Waals surface area contributed by atoms with E-state index in [0.29, 0.717) is 17.9 Å². The summed E-state index contributed by atoms with van der Waals surface area (Å²) in [7, 11) is -3.05. The van der Waals surface area contributed by atoms with Crippen molar-refractivity contribution in [2.45, 2.75) is 18.8 Å². The van der Waals surface area contributed by atoms with Crippen LogP contribution in [0.15, 0.2) is 0 Å². The molecule has 0 aromatic carbocycles. The van der Waals surface area contributed by atoms with Crippen LogP contribution in [0.3, 0.4) is 0 Å². The summed E-state index contributed by atoms with van der Waals surface area (Å²) in [6.07, 6.45) is 2.81. The van der Waals surface area contributed by atoms with E-state index in [0.717, 1.165) is 18.7 Å². The Hall–Kier alpha value is -0.730. The van der Waals surface area contributed by atoms with Crippen LogP contribution in [0.2, 0.25) is 0 Å². The third-order valence-electron chi connectivity index (χ3n) is 2.83. The van der Waals surface area contributed by atoms with E-state index in [1.54, 1.807) is 0 Å². The van der Waals surface area contributed by atoms with Gasteiger partial charge < -0.3 is 0 Å². The summed E-state index contributed by atoms with van der Waals surface area (Å²) in [4.78, 5) is 4.16. The number of piperidine rings is 1. The van der Waals surface area contributed by atoms with E-state index in [4.69, 9.17) is 12.2 Å². The molecule has 0 radical (unpaired) electrons. The summed E-state index contributed by atoms with van der Waals surface area (Å²) in [5.74, 6) is 1.10. The lowest BCUT2D eigenvalue weighted by atomic mass is 9.98. The zero-order chi connectivity index (χ0) is 11.8. The standard InChI is InChI=1S/C8H14N4O2S2/c1-16(13,14)12-4-2-6(3-5-12)7-9-8(15)11-10-7/h6H,2-5H2,1H3,(H2,9,10,11,15). The second-order valence-electron chi connectivity index (χ2n) is 3.99. The van der Waals surface area contributed by atoms with Gasteiger partial charge in [-0.2, -0.15) is 0 Å². The number of nitrogens with one attached hydrogen (secondary N) is 2. The number of H-pyrrole nitrogens is 2. The molecule has 0 saturated carbocycles. The van der Waals surface area contributed by atoms with Gasteiger partial charge in [0.1, 0.15) is 5.82 Å². The van der Waals surface area contributed by atoms with Gasteiger partial charge in [0.15, 0.2) is 0 Å². The zero-order valence-corrected chi connectivity index (χ0v) is 10.6. The van der Waals surface area contributed by atoms with E-state index in [-0.39, 0.29) is 5.92 Å². The number of hydrogen-bond acceptors (Lipinski definition) is 4. The van der Waals surface area contributed by atoms with Gasteiger partial charge in [0.25, 0.3) is 0 Å². The molecule has 1 aliphatic rings. The maximum Gasteiger partial charge on any atom is 0.213 e. The van der Waals surface area contributed by atoms with Crippen LogP contribution in [0.5, 0.6) is 0 Å². The molecule has 0 bridgehead atoms. The minimum Gasteiger partial charge on any atom is -0.285 e. The van der Waals surface area contributed by atoms with Gasteiger partial charge in [0.2, 0.25) is 14.8 Å². The van der Waals surface area contributed by atoms with E-state index in [2.05, 4.69) is 15.2 Å². The summed E-state index contributed by atoms with van der Waals surface area (Å²) < 4.78 is 24.6. The first kappa shape index (κ1) is 11.7. The molecule has 0 spiro atoms. The van der Waals surface area contributed by atoms with E-state index < -0.39 is 10.0 Å². The maximum absolute atomic E-state index is 11.3. The van der Waals surface area contributed by atoms with Crippen molar-refractivity contribution in [3.63, 3.8) is 0 Å². The minimum atomic E-state index is -3.05. The fourth-order valence-electron chi connectivity index (χ4n) is 1.94. The van der Waals surface area contributed by atoms with Gasteiger partial charge in [-0.05, 0) is 25.1 Å². The van der Waals surface area contributed by atoms with Crippen LogP contribution < -0.4 is 0 Å². The van der Waals surface area contributed by atoms with Crippen molar-refractivity contribution in [3.05, 3.63) is 10.6 Å². The molecular weight excluding hydrogens is 248 g/mol. The average molecular weight is 262 g/mol. The molecule has 1 aliphatic heterocycles. The summed E-state index contributed by atoms with van der Waals surface area (Å²) in [6, 6.07) is 0. The molecule has 6 nitrogen and oxygen atoms in total. The van der Waals surface area contributed by atoms with Crippen molar-refractivity contribution in [2.75, 3.05) is 19.3 Å². The van der Waals surface area contributed by atoms with Gasteiger partial charge in [-0.15, -0.1) is 0 Å². The van der Waals surface area contributed by atoms with Gasteiger partial charge in [0.05, 0.1) is 6.26 Å². The minimum absolute atomic E-state index is 0.269. The summed E-state index contributed by atoms with van der Waals surface area (Å²) >= 11 is 4.88. The lowest BCUT2D eigenvalue weighted by Gasteiger charge is -2.28. The Bertz CT molecular complexity index is 510. The van der Waals surface area contributed by atoms with Crippen molar-refractivity contribution in [3.8, 4) is 0 Å². The highest BCUT2D eigenvalue weighted by molar-refractivity contribution is 7.88. The highest BCUT2D eigenvalue weighted by Crippen LogP contribution is 2.26. The number of rotatable bonds is 2. The van der Waals surface area contributed by atoms with Crippen LogP contribution in [0.4, 0.5) is 0 Å². The highest BCUT2D eigenvalue weighted by Gasteiger charge is 2.26. The van der Waals surface area contributed by atoms with Gasteiger partial charge >= 0.3 is 0 Å². The Labute approximate surface area is 99.1 Å². The Morgan fingerprint density at radius 1 is 1.38 bits per heavy atom. The molecule has 1 aromatic heterocycles. The topological polar surface area (TPSA) is 81.8 Å². The molecular formula is C8H14N4O2S2. The van der Waals surface area contributed by atoms with Gasteiger partial charge in [-0.25, -0.2) is 17.7 Å². The maximum atomic E-state index is 11.3. The molecule has 8 heteroatoms. The van der Waals surface area contributed by atoms with E-state index in [1.165, 1.54) is 10.6 Å². The molecule has 90 valence electrons. The molecule has 1 saturated heterocycles. The Kier molecular flexibility index (Phi) is 3.13. The Balaban J connectivity index is 2.03. The summed E-state index contributed by atoms with van der Waals surface area (Å²) in [6.45, 7) is 1.11. The molecule has 0 unspecified atom stereocenters. The predicted octanol–water partition coefficient (Wildman–Crippen LogP) is 0.606. The van der Waals surface area contributed by atoms with E-state index in [9.17, 15) is 8.42 Å². The summed E-state index contributed by atoms with van der Waals surface area (Å²) in [5, 5.41) is 5.67. The summed E-state index contributed by atoms with van der Waals surface area (Å²) in [5.41, 5.74) is 0.